The number of hydrogen-bond donors (Lipinski definition) is 0. The molecule has 1 aromatic rings. The number of hydrogen-bond acceptors (Lipinski definition) is 6. The van der Waals surface area contributed by atoms with Crippen LogP contribution in [-0.4, -0.2) is 37.0 Å². The molecule has 0 radical (unpaired) electrons. The zero-order valence-corrected chi connectivity index (χ0v) is 14.7. The fourth-order valence-electron chi connectivity index (χ4n) is 2.75. The average molecular weight is 354 g/mol. The fraction of sp³-hybridized carbons (Fsp3) is 0.556. The Morgan fingerprint density at radius 1 is 1.08 bits per heavy atom. The number of carbonyl (C=O) groups excluding carboxylic acids is 2. The predicted octanol–water partition coefficient (Wildman–Crippen LogP) is 2.70. The van der Waals surface area contributed by atoms with Crippen molar-refractivity contribution >= 4 is 11.9 Å². The van der Waals surface area contributed by atoms with Gasteiger partial charge in [-0.15, -0.1) is 0 Å². The fourth-order valence-corrected chi connectivity index (χ4v) is 2.75. The topological polar surface area (TPSA) is 71.1 Å². The van der Waals surface area contributed by atoms with E-state index in [1.54, 1.807) is 0 Å². The second-order valence-electron chi connectivity index (χ2n) is 6.21. The minimum absolute atomic E-state index is 0.0308. The summed E-state index contributed by atoms with van der Waals surface area (Å²) in [5, 5.41) is 0. The first-order chi connectivity index (χ1) is 11.8. The smallest absolute Gasteiger partial charge is 0.303 e. The third-order valence-corrected chi connectivity index (χ3v) is 4.33. The number of halogens is 1. The SMILES string of the molecule is CC(=O)OCC1O[C@@H](Oc2ccc(F)cc2)C(OC(C)=O)[C@@H](C)[C@@H]1C. The van der Waals surface area contributed by atoms with Gasteiger partial charge < -0.3 is 18.9 Å². The highest BCUT2D eigenvalue weighted by molar-refractivity contribution is 5.66. The normalized spacial score (nSPS) is 28.9. The summed E-state index contributed by atoms with van der Waals surface area (Å²) >= 11 is 0. The zero-order chi connectivity index (χ0) is 18.6. The van der Waals surface area contributed by atoms with Crippen LogP contribution in [0.5, 0.6) is 5.75 Å². The minimum Gasteiger partial charge on any atom is -0.463 e. The van der Waals surface area contributed by atoms with E-state index >= 15 is 0 Å². The van der Waals surface area contributed by atoms with Crippen LogP contribution < -0.4 is 4.74 Å². The highest BCUT2D eigenvalue weighted by Crippen LogP contribution is 2.34. The lowest BCUT2D eigenvalue weighted by Crippen LogP contribution is -2.54. The first-order valence-electron chi connectivity index (χ1n) is 8.16. The molecule has 0 N–H and O–H groups in total. The number of rotatable bonds is 5. The van der Waals surface area contributed by atoms with Gasteiger partial charge in [-0.25, -0.2) is 4.39 Å². The van der Waals surface area contributed by atoms with Crippen LogP contribution in [0.2, 0.25) is 0 Å². The summed E-state index contributed by atoms with van der Waals surface area (Å²) in [4.78, 5) is 22.5. The Labute approximate surface area is 146 Å². The first-order valence-corrected chi connectivity index (χ1v) is 8.16. The molecule has 138 valence electrons. The van der Waals surface area contributed by atoms with Crippen LogP contribution in [0.3, 0.4) is 0 Å². The third kappa shape index (κ3) is 5.16. The quantitative estimate of drug-likeness (QED) is 0.757. The van der Waals surface area contributed by atoms with E-state index in [0.717, 1.165) is 0 Å². The molecule has 1 saturated heterocycles. The van der Waals surface area contributed by atoms with E-state index in [9.17, 15) is 14.0 Å². The Morgan fingerprint density at radius 3 is 2.28 bits per heavy atom. The minimum atomic E-state index is -0.888. The van der Waals surface area contributed by atoms with Crippen molar-refractivity contribution < 1.29 is 32.9 Å². The van der Waals surface area contributed by atoms with Crippen LogP contribution in [0.1, 0.15) is 27.7 Å². The average Bonchev–Trinajstić information content (AvgIpc) is 2.54. The van der Waals surface area contributed by atoms with Gasteiger partial charge >= 0.3 is 11.9 Å². The van der Waals surface area contributed by atoms with Crippen molar-refractivity contribution in [3.05, 3.63) is 30.1 Å². The van der Waals surface area contributed by atoms with E-state index in [1.807, 2.05) is 13.8 Å². The molecule has 0 saturated carbocycles. The molecule has 1 fully saturated rings. The monoisotopic (exact) mass is 354 g/mol. The van der Waals surface area contributed by atoms with Crippen LogP contribution in [0.15, 0.2) is 24.3 Å². The molecule has 0 aliphatic carbocycles. The second-order valence-corrected chi connectivity index (χ2v) is 6.21. The highest BCUT2D eigenvalue weighted by Gasteiger charge is 2.45. The Morgan fingerprint density at radius 2 is 1.72 bits per heavy atom. The van der Waals surface area contributed by atoms with Gasteiger partial charge in [-0.3, -0.25) is 9.59 Å². The van der Waals surface area contributed by atoms with Gasteiger partial charge in [0.25, 0.3) is 0 Å². The van der Waals surface area contributed by atoms with Crippen LogP contribution in [0.25, 0.3) is 0 Å². The predicted molar refractivity (Wildman–Crippen MR) is 86.2 cm³/mol. The lowest BCUT2D eigenvalue weighted by atomic mass is 9.83. The molecule has 0 aromatic heterocycles. The van der Waals surface area contributed by atoms with E-state index in [-0.39, 0.29) is 24.3 Å². The van der Waals surface area contributed by atoms with Gasteiger partial charge in [-0.2, -0.15) is 0 Å². The summed E-state index contributed by atoms with van der Waals surface area (Å²) in [7, 11) is 0. The van der Waals surface area contributed by atoms with E-state index in [1.165, 1.54) is 38.1 Å². The molecular formula is C18H23FO6. The van der Waals surface area contributed by atoms with Gasteiger partial charge in [0.2, 0.25) is 6.29 Å². The first kappa shape index (κ1) is 19.2. The summed E-state index contributed by atoms with van der Waals surface area (Å²) in [6, 6.07) is 5.46. The Hall–Kier alpha value is -2.15. The molecule has 2 rings (SSSR count). The van der Waals surface area contributed by atoms with Gasteiger partial charge in [-0.05, 0) is 30.2 Å². The molecule has 1 aromatic carbocycles. The summed E-state index contributed by atoms with van der Waals surface area (Å²) < 4.78 is 35.2. The molecule has 1 heterocycles. The molecule has 2 unspecified atom stereocenters. The maximum absolute atomic E-state index is 13.1. The van der Waals surface area contributed by atoms with E-state index < -0.39 is 30.4 Å². The molecule has 0 bridgehead atoms. The van der Waals surface area contributed by atoms with E-state index in [0.29, 0.717) is 5.75 Å². The van der Waals surface area contributed by atoms with Crippen LogP contribution in [-0.2, 0) is 23.8 Å². The Balaban J connectivity index is 2.17. The molecule has 0 spiro atoms. The van der Waals surface area contributed by atoms with Gasteiger partial charge in [0.15, 0.2) is 6.10 Å². The van der Waals surface area contributed by atoms with Crippen molar-refractivity contribution in [1.29, 1.82) is 0 Å². The van der Waals surface area contributed by atoms with Crippen molar-refractivity contribution in [1.82, 2.24) is 0 Å². The summed E-state index contributed by atoms with van der Waals surface area (Å²) in [5.41, 5.74) is 0. The molecule has 1 aliphatic rings. The number of ether oxygens (including phenoxy) is 4. The molecule has 5 atom stereocenters. The lowest BCUT2D eigenvalue weighted by Gasteiger charge is -2.43. The van der Waals surface area contributed by atoms with Gasteiger partial charge in [0.1, 0.15) is 18.2 Å². The summed E-state index contributed by atoms with van der Waals surface area (Å²) in [6.07, 6.45) is -1.93. The third-order valence-electron chi connectivity index (χ3n) is 4.33. The van der Waals surface area contributed by atoms with Crippen molar-refractivity contribution in [3.63, 3.8) is 0 Å². The maximum Gasteiger partial charge on any atom is 0.303 e. The second kappa shape index (κ2) is 8.29. The molecule has 0 amide bonds. The number of carbonyl (C=O) groups is 2. The molecule has 7 heteroatoms. The maximum atomic E-state index is 13.1. The standard InChI is InChI=1S/C18H23FO6/c1-10-11(2)17(23-13(4)21)18(25-16(10)9-22-12(3)20)24-15-7-5-14(19)6-8-15/h5-8,10-11,16-18H,9H2,1-4H3/t10-,11-,16?,17?,18+/m0/s1. The summed E-state index contributed by atoms with van der Waals surface area (Å²) in [5.74, 6) is -0.972. The molecule has 6 nitrogen and oxygen atoms in total. The Kier molecular flexibility index (Phi) is 6.36. The largest absolute Gasteiger partial charge is 0.463 e. The van der Waals surface area contributed by atoms with E-state index in [4.69, 9.17) is 18.9 Å². The zero-order valence-electron chi connectivity index (χ0n) is 14.7. The number of benzene rings is 1. The van der Waals surface area contributed by atoms with Crippen molar-refractivity contribution in [3.8, 4) is 5.75 Å². The van der Waals surface area contributed by atoms with Crippen LogP contribution in [0, 0.1) is 17.7 Å². The van der Waals surface area contributed by atoms with Gasteiger partial charge in [-0.1, -0.05) is 13.8 Å². The van der Waals surface area contributed by atoms with Crippen LogP contribution >= 0.6 is 0 Å². The molecule has 1 aliphatic heterocycles. The molecular weight excluding hydrogens is 331 g/mol. The Bertz CT molecular complexity index is 600. The highest BCUT2D eigenvalue weighted by atomic mass is 19.1. The van der Waals surface area contributed by atoms with Crippen molar-refractivity contribution in [2.24, 2.45) is 11.8 Å². The van der Waals surface area contributed by atoms with Gasteiger partial charge in [0.05, 0.1) is 6.10 Å². The lowest BCUT2D eigenvalue weighted by molar-refractivity contribution is -0.253. The van der Waals surface area contributed by atoms with Crippen molar-refractivity contribution in [2.45, 2.75) is 46.2 Å². The summed E-state index contributed by atoms with van der Waals surface area (Å²) in [6.45, 7) is 6.57. The van der Waals surface area contributed by atoms with Gasteiger partial charge in [0, 0.05) is 19.8 Å². The van der Waals surface area contributed by atoms with E-state index in [2.05, 4.69) is 0 Å². The van der Waals surface area contributed by atoms with Crippen molar-refractivity contribution in [2.75, 3.05) is 6.61 Å². The number of esters is 2. The van der Waals surface area contributed by atoms with Crippen LogP contribution in [0.4, 0.5) is 4.39 Å². The molecule has 25 heavy (non-hydrogen) atoms.